The van der Waals surface area contributed by atoms with Crippen molar-refractivity contribution < 1.29 is 14.7 Å². The summed E-state index contributed by atoms with van der Waals surface area (Å²) in [5, 5.41) is 32.3. The van der Waals surface area contributed by atoms with E-state index in [0.717, 1.165) is 70.7 Å². The Bertz CT molecular complexity index is 2490. The second-order valence-electron chi connectivity index (χ2n) is 14.8. The molecule has 0 unspecified atom stereocenters. The molecular formula is C43H46ClN13O3. The Balaban J connectivity index is 0.000000196. The number of nitriles is 1. The summed E-state index contributed by atoms with van der Waals surface area (Å²) in [5.41, 5.74) is 13.2. The van der Waals surface area contributed by atoms with Gasteiger partial charge in [0.25, 0.3) is 0 Å². The number of carboxylic acid groups (broad SMARTS) is 1. The number of hydrogen-bond acceptors (Lipinski definition) is 12. The van der Waals surface area contributed by atoms with Gasteiger partial charge >= 0.3 is 5.97 Å². The van der Waals surface area contributed by atoms with Crippen LogP contribution in [0.15, 0.2) is 85.7 Å². The first-order valence-corrected chi connectivity index (χ1v) is 19.0. The van der Waals surface area contributed by atoms with Crippen molar-refractivity contribution >= 4 is 47.4 Å². The standard InChI is InChI=1S/C22H22N6O.C16H15N5O2.C5H8N2.ClH/c1-14-11-24-22(26-19-12-25-28(2)13-19)27-21(14)18-5-3-17(4-6-18)20(29)9-15-7-16(8-15)10-23;1-10-7-17-16(19-13-8-18-21(2)9-13)20-14(10)11-3-5-12(6-4-11)15(22)23;1-7-5-2-4(6)3-5;/h3-6,11-13,15-16H,7-9H2,1-2H3,(H,24,26,27);3-9H,1-2H3,(H,22,23)(H,17,19,20);4-5H,2-3,6H2;1H. The van der Waals surface area contributed by atoms with E-state index in [1.54, 1.807) is 58.4 Å². The number of aromatic carboxylic acids is 1. The van der Waals surface area contributed by atoms with Crippen molar-refractivity contribution in [3.8, 4) is 28.6 Å². The summed E-state index contributed by atoms with van der Waals surface area (Å²) < 4.78 is 3.39. The maximum Gasteiger partial charge on any atom is 0.335 e. The van der Waals surface area contributed by atoms with Crippen LogP contribution in [-0.2, 0) is 14.1 Å². The van der Waals surface area contributed by atoms with Crippen molar-refractivity contribution in [2.45, 2.75) is 58.0 Å². The lowest BCUT2D eigenvalue weighted by atomic mass is 9.73. The normalized spacial score (nSPS) is 17.2. The number of nitrogens with two attached hydrogens (primary N) is 1. The van der Waals surface area contributed by atoms with Gasteiger partial charge in [0.1, 0.15) is 0 Å². The number of carbonyl (C=O) groups is 2. The van der Waals surface area contributed by atoms with E-state index < -0.39 is 5.97 Å². The fourth-order valence-corrected chi connectivity index (χ4v) is 6.53. The molecular weight excluding hydrogens is 782 g/mol. The molecule has 2 fully saturated rings. The molecule has 17 heteroatoms. The van der Waals surface area contributed by atoms with Gasteiger partial charge < -0.3 is 26.3 Å². The lowest BCUT2D eigenvalue weighted by Gasteiger charge is -2.29. The Kier molecular flexibility index (Phi) is 14.8. The van der Waals surface area contributed by atoms with Crippen LogP contribution < -0.4 is 16.4 Å². The monoisotopic (exact) mass is 827 g/mol. The first-order chi connectivity index (χ1) is 28.4. The van der Waals surface area contributed by atoms with Crippen molar-refractivity contribution in [3.63, 3.8) is 0 Å². The number of carboxylic acids is 1. The molecule has 2 aliphatic rings. The average Bonchev–Trinajstić information content (AvgIpc) is 3.82. The van der Waals surface area contributed by atoms with E-state index in [-0.39, 0.29) is 35.7 Å². The summed E-state index contributed by atoms with van der Waals surface area (Å²) in [6.07, 6.45) is 14.6. The lowest BCUT2D eigenvalue weighted by Crippen LogP contribution is -2.38. The van der Waals surface area contributed by atoms with E-state index >= 15 is 0 Å². The summed E-state index contributed by atoms with van der Waals surface area (Å²) in [5.74, 6) is 0.616. The second-order valence-corrected chi connectivity index (χ2v) is 14.8. The minimum Gasteiger partial charge on any atom is -0.478 e. The molecule has 6 aromatic rings. The van der Waals surface area contributed by atoms with Crippen LogP contribution in [0, 0.1) is 43.6 Å². The average molecular weight is 828 g/mol. The zero-order chi connectivity index (χ0) is 42.1. The van der Waals surface area contributed by atoms with Crippen LogP contribution in [0.2, 0.25) is 0 Å². The van der Waals surface area contributed by atoms with E-state index in [1.165, 1.54) is 0 Å². The zero-order valence-electron chi connectivity index (χ0n) is 33.6. The van der Waals surface area contributed by atoms with Gasteiger partial charge in [-0.05, 0) is 55.9 Å². The predicted octanol–water partition coefficient (Wildman–Crippen LogP) is 7.50. The smallest absolute Gasteiger partial charge is 0.335 e. The molecule has 2 saturated carbocycles. The Morgan fingerprint density at radius 2 is 1.28 bits per heavy atom. The van der Waals surface area contributed by atoms with Gasteiger partial charge in [-0.1, -0.05) is 36.4 Å². The molecule has 0 atom stereocenters. The summed E-state index contributed by atoms with van der Waals surface area (Å²) in [6.45, 7) is 10.4. The molecule has 2 aliphatic carbocycles. The number of Topliss-reactive ketones (excluding diaryl/α,β-unsaturated/α-hetero) is 1. The molecule has 4 heterocycles. The molecule has 8 rings (SSSR count). The predicted molar refractivity (Wildman–Crippen MR) is 230 cm³/mol. The van der Waals surface area contributed by atoms with Gasteiger partial charge in [-0.25, -0.2) is 31.3 Å². The molecule has 308 valence electrons. The number of aromatic nitrogens is 8. The van der Waals surface area contributed by atoms with Crippen molar-refractivity contribution in [3.05, 3.63) is 119 Å². The third-order valence-electron chi connectivity index (χ3n) is 9.98. The molecule has 0 amide bonds. The van der Waals surface area contributed by atoms with Gasteiger partial charge in [0.05, 0.1) is 46.8 Å². The first-order valence-electron chi connectivity index (χ1n) is 19.0. The highest BCUT2D eigenvalue weighted by atomic mass is 35.5. The second kappa shape index (κ2) is 20.1. The van der Waals surface area contributed by atoms with Crippen LogP contribution in [-0.4, -0.2) is 68.4 Å². The van der Waals surface area contributed by atoms with Gasteiger partial charge in [0, 0.05) is 86.8 Å². The van der Waals surface area contributed by atoms with Crippen LogP contribution in [0.1, 0.15) is 63.9 Å². The summed E-state index contributed by atoms with van der Waals surface area (Å²) in [4.78, 5) is 44.5. The molecule has 60 heavy (non-hydrogen) atoms. The molecule has 0 aliphatic heterocycles. The number of halogens is 1. The van der Waals surface area contributed by atoms with Crippen LogP contribution >= 0.6 is 12.4 Å². The molecule has 0 spiro atoms. The van der Waals surface area contributed by atoms with Crippen molar-refractivity contribution in [2.24, 2.45) is 31.7 Å². The van der Waals surface area contributed by atoms with E-state index in [1.807, 2.05) is 64.6 Å². The number of ketones is 1. The number of nitrogens with zero attached hydrogens (tertiary/aromatic N) is 10. The van der Waals surface area contributed by atoms with E-state index in [0.29, 0.717) is 35.8 Å². The van der Waals surface area contributed by atoms with Gasteiger partial charge in [0.2, 0.25) is 17.9 Å². The highest BCUT2D eigenvalue weighted by Crippen LogP contribution is 2.36. The molecule has 4 aromatic heterocycles. The molecule has 2 aromatic carbocycles. The highest BCUT2D eigenvalue weighted by Gasteiger charge is 2.31. The third kappa shape index (κ3) is 11.6. The fraction of sp³-hybridized carbons (Fsp3) is 0.302. The maximum absolute atomic E-state index is 12.5. The van der Waals surface area contributed by atoms with Crippen LogP contribution in [0.25, 0.3) is 27.4 Å². The first kappa shape index (κ1) is 44.1. The van der Waals surface area contributed by atoms with Gasteiger partial charge in [-0.2, -0.15) is 15.5 Å². The number of rotatable bonds is 10. The zero-order valence-corrected chi connectivity index (χ0v) is 34.5. The van der Waals surface area contributed by atoms with E-state index in [9.17, 15) is 9.59 Å². The summed E-state index contributed by atoms with van der Waals surface area (Å²) >= 11 is 0. The largest absolute Gasteiger partial charge is 0.478 e. The van der Waals surface area contributed by atoms with Crippen molar-refractivity contribution in [1.29, 1.82) is 5.26 Å². The molecule has 16 nitrogen and oxygen atoms in total. The SMILES string of the molecule is Cc1cnc(Nc2cnn(C)c2)nc1-c1ccc(C(=O)CC2CC(C#N)C2)cc1.Cc1cnc(Nc2cnn(C)c2)nc1-c1ccc(C(=O)O)cc1.Cl.[C-]#[N+]C1CC(N)C1. The van der Waals surface area contributed by atoms with E-state index in [2.05, 4.69) is 51.7 Å². The number of aryl methyl sites for hydroxylation is 4. The Morgan fingerprint density at radius 3 is 1.65 bits per heavy atom. The highest BCUT2D eigenvalue weighted by molar-refractivity contribution is 5.96. The number of hydrogen-bond donors (Lipinski definition) is 4. The van der Waals surface area contributed by atoms with Crippen LogP contribution in [0.3, 0.4) is 0 Å². The molecule has 0 bridgehead atoms. The van der Waals surface area contributed by atoms with Crippen molar-refractivity contribution in [1.82, 2.24) is 39.5 Å². The van der Waals surface area contributed by atoms with Crippen LogP contribution in [0.4, 0.5) is 23.3 Å². The van der Waals surface area contributed by atoms with E-state index in [4.69, 9.17) is 22.7 Å². The number of benzene rings is 2. The van der Waals surface area contributed by atoms with Gasteiger partial charge in [-0.15, -0.1) is 12.4 Å². The minimum atomic E-state index is -0.949. The quantitative estimate of drug-likeness (QED) is 0.0778. The number of carbonyl (C=O) groups excluding carboxylic acids is 1. The number of anilines is 4. The van der Waals surface area contributed by atoms with Gasteiger partial charge in [-0.3, -0.25) is 14.2 Å². The van der Waals surface area contributed by atoms with Crippen molar-refractivity contribution in [2.75, 3.05) is 10.6 Å². The lowest BCUT2D eigenvalue weighted by molar-refractivity contribution is 0.0696. The molecule has 0 saturated heterocycles. The maximum atomic E-state index is 12.5. The van der Waals surface area contributed by atoms with Gasteiger partial charge in [0.15, 0.2) is 5.78 Å². The topological polar surface area (TPSA) is 220 Å². The Morgan fingerprint density at radius 1 is 0.817 bits per heavy atom. The minimum absolute atomic E-state index is 0. The summed E-state index contributed by atoms with van der Waals surface area (Å²) in [7, 11) is 3.68. The van der Waals surface area contributed by atoms with Crippen LogP contribution in [0.5, 0.6) is 0 Å². The Hall–Kier alpha value is -7.01. The Labute approximate surface area is 354 Å². The number of nitrogens with one attached hydrogen (secondary N) is 2. The fourth-order valence-electron chi connectivity index (χ4n) is 6.53. The molecule has 0 radical (unpaired) electrons. The molecule has 5 N–H and O–H groups in total. The third-order valence-corrected chi connectivity index (χ3v) is 9.98. The summed E-state index contributed by atoms with van der Waals surface area (Å²) in [6, 6.07) is 17.0.